The Bertz CT molecular complexity index is 773. The van der Waals surface area contributed by atoms with E-state index < -0.39 is 0 Å². The molecule has 6 nitrogen and oxygen atoms in total. The molecule has 2 N–H and O–H groups in total. The molecule has 2 aromatic rings. The third kappa shape index (κ3) is 2.73. The second kappa shape index (κ2) is 5.53. The molecule has 0 spiro atoms. The lowest BCUT2D eigenvalue weighted by Crippen LogP contribution is -2.18. The number of amides is 1. The topological polar surface area (TPSA) is 88.0 Å². The third-order valence-corrected chi connectivity index (χ3v) is 3.69. The molecule has 1 aliphatic rings. The Balaban J connectivity index is 2.04. The Morgan fingerprint density at radius 2 is 2.29 bits per heavy atom. The van der Waals surface area contributed by atoms with Crippen LogP contribution in [0.3, 0.4) is 0 Å². The first-order chi connectivity index (χ1) is 10.2. The van der Waals surface area contributed by atoms with Gasteiger partial charge in [0.15, 0.2) is 5.17 Å². The van der Waals surface area contributed by atoms with Gasteiger partial charge in [0.05, 0.1) is 22.4 Å². The van der Waals surface area contributed by atoms with Crippen molar-refractivity contribution in [2.75, 3.05) is 6.61 Å². The molecule has 1 fully saturated rings. The Labute approximate surface area is 125 Å². The number of thioether (sulfide) groups is 1. The molecule has 1 aliphatic heterocycles. The number of hydrogen-bond donors (Lipinski definition) is 2. The summed E-state index contributed by atoms with van der Waals surface area (Å²) in [5.74, 6) is 0.276. The van der Waals surface area contributed by atoms with Crippen LogP contribution in [0.2, 0.25) is 0 Å². The number of nitrogens with zero attached hydrogens (tertiary/aromatic N) is 2. The molecule has 3 rings (SSSR count). The monoisotopic (exact) mass is 300 g/mol. The minimum Gasteiger partial charge on any atom is -0.477 e. The number of rotatable bonds is 3. The minimum atomic E-state index is -0.251. The summed E-state index contributed by atoms with van der Waals surface area (Å²) in [7, 11) is 0. The van der Waals surface area contributed by atoms with Gasteiger partial charge in [0.1, 0.15) is 6.33 Å². The van der Waals surface area contributed by atoms with Gasteiger partial charge in [0.25, 0.3) is 5.91 Å². The lowest BCUT2D eigenvalue weighted by atomic mass is 10.1. The molecular formula is C14H12N4O2S. The molecule has 0 aliphatic carbocycles. The van der Waals surface area contributed by atoms with Gasteiger partial charge in [-0.3, -0.25) is 10.2 Å². The zero-order chi connectivity index (χ0) is 14.8. The first kappa shape index (κ1) is 13.6. The van der Waals surface area contributed by atoms with Crippen LogP contribution in [0.5, 0.6) is 5.88 Å². The summed E-state index contributed by atoms with van der Waals surface area (Å²) in [5, 5.41) is 10.8. The van der Waals surface area contributed by atoms with Crippen molar-refractivity contribution in [3.63, 3.8) is 0 Å². The predicted molar refractivity (Wildman–Crippen MR) is 82.1 cm³/mol. The van der Waals surface area contributed by atoms with Gasteiger partial charge in [0, 0.05) is 0 Å². The van der Waals surface area contributed by atoms with Crippen LogP contribution in [0.1, 0.15) is 12.5 Å². The van der Waals surface area contributed by atoms with E-state index in [0.717, 1.165) is 28.2 Å². The molecule has 1 saturated heterocycles. The maximum Gasteiger partial charge on any atom is 0.264 e. The highest BCUT2D eigenvalue weighted by atomic mass is 32.2. The highest BCUT2D eigenvalue weighted by Gasteiger charge is 2.22. The first-order valence-corrected chi connectivity index (χ1v) is 7.16. The Kier molecular flexibility index (Phi) is 3.57. The molecule has 7 heteroatoms. The lowest BCUT2D eigenvalue weighted by molar-refractivity contribution is -0.115. The lowest BCUT2D eigenvalue weighted by Gasteiger charge is -2.06. The van der Waals surface area contributed by atoms with Crippen LogP contribution in [-0.2, 0) is 4.79 Å². The van der Waals surface area contributed by atoms with E-state index in [4.69, 9.17) is 10.1 Å². The molecule has 1 aromatic carbocycles. The smallest absolute Gasteiger partial charge is 0.264 e. The summed E-state index contributed by atoms with van der Waals surface area (Å²) >= 11 is 1.11. The highest BCUT2D eigenvalue weighted by molar-refractivity contribution is 8.18. The van der Waals surface area contributed by atoms with Gasteiger partial charge in [0.2, 0.25) is 5.88 Å². The van der Waals surface area contributed by atoms with E-state index in [0.29, 0.717) is 17.4 Å². The third-order valence-electron chi connectivity index (χ3n) is 2.86. The van der Waals surface area contributed by atoms with Crippen LogP contribution >= 0.6 is 11.8 Å². The van der Waals surface area contributed by atoms with Crippen molar-refractivity contribution in [2.24, 2.45) is 0 Å². The van der Waals surface area contributed by atoms with E-state index in [1.807, 2.05) is 25.1 Å². The number of benzene rings is 1. The summed E-state index contributed by atoms with van der Waals surface area (Å²) < 4.78 is 5.49. The van der Waals surface area contributed by atoms with E-state index >= 15 is 0 Å². The molecule has 106 valence electrons. The quantitative estimate of drug-likeness (QED) is 0.848. The number of amidine groups is 1. The van der Waals surface area contributed by atoms with Crippen LogP contribution < -0.4 is 10.1 Å². The van der Waals surface area contributed by atoms with Crippen molar-refractivity contribution in [3.05, 3.63) is 35.0 Å². The maximum atomic E-state index is 11.6. The fraction of sp³-hybridized carbons (Fsp3) is 0.143. The Morgan fingerprint density at radius 1 is 1.43 bits per heavy atom. The van der Waals surface area contributed by atoms with Crippen LogP contribution in [0, 0.1) is 5.41 Å². The van der Waals surface area contributed by atoms with Crippen LogP contribution in [0.15, 0.2) is 29.4 Å². The van der Waals surface area contributed by atoms with Gasteiger partial charge in [-0.2, -0.15) is 0 Å². The number of hydrogen-bond acceptors (Lipinski definition) is 6. The molecule has 0 atom stereocenters. The summed E-state index contributed by atoms with van der Waals surface area (Å²) in [6.07, 6.45) is 3.21. The zero-order valence-corrected chi connectivity index (χ0v) is 12.0. The summed E-state index contributed by atoms with van der Waals surface area (Å²) in [4.78, 5) is 20.4. The van der Waals surface area contributed by atoms with E-state index in [1.54, 1.807) is 6.08 Å². The van der Waals surface area contributed by atoms with E-state index in [2.05, 4.69) is 15.3 Å². The number of aromatic nitrogens is 2. The fourth-order valence-electron chi connectivity index (χ4n) is 1.99. The van der Waals surface area contributed by atoms with Gasteiger partial charge < -0.3 is 10.1 Å². The second-order valence-corrected chi connectivity index (χ2v) is 5.33. The van der Waals surface area contributed by atoms with Crippen molar-refractivity contribution in [1.29, 1.82) is 5.41 Å². The summed E-state index contributed by atoms with van der Waals surface area (Å²) in [6.45, 7) is 2.41. The average Bonchev–Trinajstić information content (AvgIpc) is 2.78. The fourth-order valence-corrected chi connectivity index (χ4v) is 2.69. The van der Waals surface area contributed by atoms with E-state index in [9.17, 15) is 4.79 Å². The second-order valence-electron chi connectivity index (χ2n) is 4.28. The van der Waals surface area contributed by atoms with Crippen LogP contribution in [0.25, 0.3) is 17.0 Å². The van der Waals surface area contributed by atoms with Crippen molar-refractivity contribution in [3.8, 4) is 5.88 Å². The number of carbonyl (C=O) groups excluding carboxylic acids is 1. The maximum absolute atomic E-state index is 11.6. The minimum absolute atomic E-state index is 0.144. The van der Waals surface area contributed by atoms with Crippen molar-refractivity contribution >= 4 is 39.8 Å². The van der Waals surface area contributed by atoms with Gasteiger partial charge in [-0.25, -0.2) is 9.97 Å². The molecule has 1 amide bonds. The Morgan fingerprint density at radius 3 is 3.00 bits per heavy atom. The van der Waals surface area contributed by atoms with Gasteiger partial charge in [-0.1, -0.05) is 6.07 Å². The van der Waals surface area contributed by atoms with Crippen molar-refractivity contribution < 1.29 is 9.53 Å². The summed E-state index contributed by atoms with van der Waals surface area (Å²) in [5.41, 5.74) is 1.62. The van der Waals surface area contributed by atoms with Crippen molar-refractivity contribution in [1.82, 2.24) is 15.3 Å². The standard InChI is InChI=1S/C14H12N4O2S/c1-2-20-13-9-5-8(3-4-10(9)16-7-17-13)6-11-12(19)18-14(15)21-11/h3-7H,2H2,1H3,(H2,15,18,19). The first-order valence-electron chi connectivity index (χ1n) is 6.34. The van der Waals surface area contributed by atoms with Crippen molar-refractivity contribution in [2.45, 2.75) is 6.92 Å². The van der Waals surface area contributed by atoms with E-state index in [1.165, 1.54) is 6.33 Å². The highest BCUT2D eigenvalue weighted by Crippen LogP contribution is 2.27. The SMILES string of the molecule is CCOc1ncnc2ccc(C=C3SC(=N)NC3=O)cc12. The van der Waals surface area contributed by atoms with Gasteiger partial charge in [-0.15, -0.1) is 0 Å². The number of carbonyl (C=O) groups is 1. The largest absolute Gasteiger partial charge is 0.477 e. The zero-order valence-electron chi connectivity index (χ0n) is 11.2. The molecular weight excluding hydrogens is 288 g/mol. The van der Waals surface area contributed by atoms with E-state index in [-0.39, 0.29) is 11.1 Å². The Hall–Kier alpha value is -2.41. The summed E-state index contributed by atoms with van der Waals surface area (Å²) in [6, 6.07) is 5.60. The predicted octanol–water partition coefficient (Wildman–Crippen LogP) is 2.17. The normalized spacial score (nSPS) is 16.5. The van der Waals surface area contributed by atoms with Crippen LogP contribution in [0.4, 0.5) is 0 Å². The molecule has 0 bridgehead atoms. The molecule has 0 radical (unpaired) electrons. The molecule has 0 saturated carbocycles. The average molecular weight is 300 g/mol. The molecule has 21 heavy (non-hydrogen) atoms. The molecule has 0 unspecified atom stereocenters. The number of fused-ring (bicyclic) bond motifs is 1. The van der Waals surface area contributed by atoms with Gasteiger partial charge >= 0.3 is 0 Å². The van der Waals surface area contributed by atoms with Crippen LogP contribution in [-0.4, -0.2) is 27.6 Å². The molecule has 2 heterocycles. The molecule has 1 aromatic heterocycles. The van der Waals surface area contributed by atoms with Gasteiger partial charge in [-0.05, 0) is 42.5 Å². The number of nitrogens with one attached hydrogen (secondary N) is 2. The number of ether oxygens (including phenoxy) is 1.